The molecule has 13 N–H and O–H groups in total. The summed E-state index contributed by atoms with van der Waals surface area (Å²) < 4.78 is 29.7. The number of nitrogens with one attached hydrogen (secondary N) is 1. The summed E-state index contributed by atoms with van der Waals surface area (Å²) in [4.78, 5) is 50.3. The lowest BCUT2D eigenvalue weighted by atomic mass is 9.88. The van der Waals surface area contributed by atoms with Crippen molar-refractivity contribution in [3.05, 3.63) is 22.7 Å². The second kappa shape index (κ2) is 13.4. The van der Waals surface area contributed by atoms with E-state index in [1.165, 1.54) is 6.07 Å². The molecule has 20 nitrogen and oxygen atoms in total. The summed E-state index contributed by atoms with van der Waals surface area (Å²) in [6.45, 7) is -1.64. The smallest absolute Gasteiger partial charge is 0.364 e. The zero-order chi connectivity index (χ0) is 31.6. The first kappa shape index (κ1) is 33.9. The van der Waals surface area contributed by atoms with Gasteiger partial charge in [0.15, 0.2) is 6.23 Å². The van der Waals surface area contributed by atoms with E-state index in [0.29, 0.717) is 0 Å². The van der Waals surface area contributed by atoms with Crippen molar-refractivity contribution in [1.29, 1.82) is 0 Å². The molecule has 21 heteroatoms. The summed E-state index contributed by atoms with van der Waals surface area (Å²) in [5.74, 6) is -6.13. The summed E-state index contributed by atoms with van der Waals surface area (Å²) in [6.07, 6.45) is -15.5. The number of anilines is 1. The van der Waals surface area contributed by atoms with Crippen molar-refractivity contribution >= 4 is 25.3 Å². The van der Waals surface area contributed by atoms with Crippen LogP contribution in [0.1, 0.15) is 19.1 Å². The SMILES string of the molecule is NCC(=O)NC1C(O)CC(OP(=O)(O)CCC2OC(n3ccc(N)nc3=O)C(O)C2O)(C(=O)O)OC1[C@H](O)[C@H](O)CO. The molecule has 1 amide bonds. The van der Waals surface area contributed by atoms with Gasteiger partial charge in [-0.2, -0.15) is 4.98 Å². The Balaban J connectivity index is 1.79. The summed E-state index contributed by atoms with van der Waals surface area (Å²) in [5.41, 5.74) is 9.76. The van der Waals surface area contributed by atoms with Crippen molar-refractivity contribution in [1.82, 2.24) is 14.9 Å². The molecule has 0 radical (unpaired) electrons. The Morgan fingerprint density at radius 2 is 1.95 bits per heavy atom. The number of amides is 1. The van der Waals surface area contributed by atoms with E-state index in [-0.39, 0.29) is 5.82 Å². The predicted molar refractivity (Wildman–Crippen MR) is 135 cm³/mol. The number of hydrogen-bond acceptors (Lipinski definition) is 16. The van der Waals surface area contributed by atoms with E-state index in [2.05, 4.69) is 10.3 Å². The molecule has 2 fully saturated rings. The van der Waals surface area contributed by atoms with Gasteiger partial charge in [0.05, 0.1) is 37.6 Å². The van der Waals surface area contributed by atoms with Crippen LogP contribution in [-0.2, 0) is 28.2 Å². The number of carbonyl (C=O) groups excluding carboxylic acids is 1. The van der Waals surface area contributed by atoms with E-state index >= 15 is 0 Å². The molecule has 2 saturated heterocycles. The molecule has 11 atom stereocenters. The Kier molecular flexibility index (Phi) is 10.8. The molecule has 3 heterocycles. The van der Waals surface area contributed by atoms with Gasteiger partial charge in [-0.15, -0.1) is 0 Å². The molecule has 2 aliphatic heterocycles. The second-order valence-corrected chi connectivity index (χ2v) is 11.7. The van der Waals surface area contributed by atoms with Crippen molar-refractivity contribution in [2.75, 3.05) is 25.0 Å². The van der Waals surface area contributed by atoms with Crippen LogP contribution < -0.4 is 22.5 Å². The Morgan fingerprint density at radius 3 is 2.52 bits per heavy atom. The molecule has 2 aliphatic rings. The fourth-order valence-corrected chi connectivity index (χ4v) is 5.94. The molecule has 0 saturated carbocycles. The van der Waals surface area contributed by atoms with Gasteiger partial charge in [0.25, 0.3) is 5.79 Å². The topological polar surface area (TPSA) is 340 Å². The number of aliphatic hydroxyl groups excluding tert-OH is 6. The van der Waals surface area contributed by atoms with Crippen molar-refractivity contribution in [2.45, 2.75) is 73.6 Å². The molecule has 0 spiro atoms. The average Bonchev–Trinajstić information content (AvgIpc) is 3.20. The van der Waals surface area contributed by atoms with Gasteiger partial charge in [-0.05, 0) is 12.5 Å². The van der Waals surface area contributed by atoms with Crippen LogP contribution in [0.4, 0.5) is 5.82 Å². The number of carboxylic acids is 1. The molecule has 9 unspecified atom stereocenters. The first-order valence-corrected chi connectivity index (χ1v) is 14.3. The number of hydrogen-bond donors (Lipinski definition) is 11. The van der Waals surface area contributed by atoms with Crippen molar-refractivity contribution in [2.24, 2.45) is 5.73 Å². The monoisotopic (exact) mass is 627 g/mol. The highest BCUT2D eigenvalue weighted by Gasteiger charge is 2.58. The number of carbonyl (C=O) groups is 2. The first-order valence-electron chi connectivity index (χ1n) is 12.5. The van der Waals surface area contributed by atoms with Crippen LogP contribution in [-0.4, -0.2) is 136 Å². The van der Waals surface area contributed by atoms with E-state index in [1.807, 2.05) is 0 Å². The molecule has 0 aromatic carbocycles. The summed E-state index contributed by atoms with van der Waals surface area (Å²) in [7, 11) is -5.04. The predicted octanol–water partition coefficient (Wildman–Crippen LogP) is -5.87. The maximum atomic E-state index is 13.1. The van der Waals surface area contributed by atoms with Crippen molar-refractivity contribution in [3.63, 3.8) is 0 Å². The van der Waals surface area contributed by atoms with Gasteiger partial charge in [0, 0.05) is 12.6 Å². The number of aliphatic carboxylic acids is 1. The molecule has 1 aromatic rings. The van der Waals surface area contributed by atoms with Crippen LogP contribution in [0.15, 0.2) is 17.1 Å². The number of carboxylic acid groups (broad SMARTS) is 1. The highest BCUT2D eigenvalue weighted by Crippen LogP contribution is 2.51. The van der Waals surface area contributed by atoms with E-state index in [9.17, 15) is 59.6 Å². The maximum absolute atomic E-state index is 13.1. The largest absolute Gasteiger partial charge is 0.477 e. The Morgan fingerprint density at radius 1 is 1.29 bits per heavy atom. The standard InChI is InChI=1S/C21H34N5O15P/c22-6-12(30)25-13-8(28)5-21(19(34)35,40-17(13)14(31)9(29)7-27)41-42(37,38)4-2-10-15(32)16(33)18(39-10)26-3-1-11(23)24-20(26)36/h1,3,8-10,13-18,27-29,31-33H,2,4-7,22H2,(H,25,30)(H,34,35)(H,37,38)(H2,23,24,36)/t8?,9-,10?,13?,14-,15?,16?,17?,18?,21?/m1/s1. The molecule has 3 rings (SSSR count). The van der Waals surface area contributed by atoms with Gasteiger partial charge < -0.3 is 66.9 Å². The molecule has 238 valence electrons. The lowest BCUT2D eigenvalue weighted by Gasteiger charge is -2.46. The third-order valence-electron chi connectivity index (χ3n) is 6.78. The van der Waals surface area contributed by atoms with Crippen molar-refractivity contribution < 1.29 is 68.8 Å². The average molecular weight is 627 g/mol. The minimum Gasteiger partial charge on any atom is -0.477 e. The Labute approximate surface area is 236 Å². The van der Waals surface area contributed by atoms with Gasteiger partial charge in [-0.1, -0.05) is 0 Å². The fourth-order valence-electron chi connectivity index (χ4n) is 4.61. The zero-order valence-corrected chi connectivity index (χ0v) is 22.7. The number of aromatic nitrogens is 2. The van der Waals surface area contributed by atoms with E-state index < -0.39 is 118 Å². The number of nitrogens with two attached hydrogens (primary N) is 2. The van der Waals surface area contributed by atoms with Gasteiger partial charge in [0.1, 0.15) is 36.3 Å². The molecule has 0 aliphatic carbocycles. The fraction of sp³-hybridized carbons (Fsp3) is 0.714. The van der Waals surface area contributed by atoms with Crippen LogP contribution in [0.3, 0.4) is 0 Å². The lowest BCUT2D eigenvalue weighted by molar-refractivity contribution is -0.286. The van der Waals surface area contributed by atoms with Crippen LogP contribution >= 0.6 is 7.60 Å². The quantitative estimate of drug-likeness (QED) is 0.0961. The van der Waals surface area contributed by atoms with Crippen LogP contribution in [0.25, 0.3) is 0 Å². The lowest BCUT2D eigenvalue weighted by Crippen LogP contribution is -2.68. The molecule has 1 aromatic heterocycles. The zero-order valence-electron chi connectivity index (χ0n) is 21.8. The highest BCUT2D eigenvalue weighted by molar-refractivity contribution is 7.52. The molecule has 42 heavy (non-hydrogen) atoms. The first-order chi connectivity index (χ1) is 19.6. The van der Waals surface area contributed by atoms with Gasteiger partial charge in [-0.3, -0.25) is 18.5 Å². The maximum Gasteiger partial charge on any atom is 0.364 e. The highest BCUT2D eigenvalue weighted by atomic mass is 31.2. The number of rotatable bonds is 12. The summed E-state index contributed by atoms with van der Waals surface area (Å²) in [5, 5.41) is 73.2. The Bertz CT molecular complexity index is 1240. The molecular weight excluding hydrogens is 593 g/mol. The van der Waals surface area contributed by atoms with E-state index in [0.717, 1.165) is 10.8 Å². The number of ether oxygens (including phenoxy) is 2. The molecular formula is C21H34N5O15P. The van der Waals surface area contributed by atoms with E-state index in [1.54, 1.807) is 0 Å². The van der Waals surface area contributed by atoms with Gasteiger partial charge in [0.2, 0.25) is 5.91 Å². The minimum atomic E-state index is -5.04. The number of nitrogens with zero attached hydrogens (tertiary/aromatic N) is 2. The second-order valence-electron chi connectivity index (χ2n) is 9.78. The summed E-state index contributed by atoms with van der Waals surface area (Å²) >= 11 is 0. The minimum absolute atomic E-state index is 0.115. The summed E-state index contributed by atoms with van der Waals surface area (Å²) in [6, 6.07) is -0.370. The Hall–Kier alpha value is -2.59. The van der Waals surface area contributed by atoms with Crippen LogP contribution in [0.5, 0.6) is 0 Å². The number of nitrogen functional groups attached to an aromatic ring is 1. The van der Waals surface area contributed by atoms with E-state index in [4.69, 9.17) is 25.5 Å². The van der Waals surface area contributed by atoms with Crippen molar-refractivity contribution in [3.8, 4) is 0 Å². The van der Waals surface area contributed by atoms with Crippen LogP contribution in [0.2, 0.25) is 0 Å². The van der Waals surface area contributed by atoms with Gasteiger partial charge in [-0.25, -0.2) is 9.59 Å². The normalized spacial score (nSPS) is 34.3. The number of aliphatic hydroxyl groups is 6. The molecule has 0 bridgehead atoms. The third-order valence-corrected chi connectivity index (χ3v) is 8.18. The van der Waals surface area contributed by atoms with Gasteiger partial charge >= 0.3 is 19.3 Å². The third kappa shape index (κ3) is 7.30. The van der Waals surface area contributed by atoms with Crippen LogP contribution in [0, 0.1) is 0 Å².